The molecule has 0 aliphatic rings. The fourth-order valence-electron chi connectivity index (χ4n) is 0.415. The molecule has 0 fully saturated rings. The number of hydrogen-bond donors (Lipinski definition) is 0. The van der Waals surface area contributed by atoms with Gasteiger partial charge in [-0.1, -0.05) is 6.92 Å². The summed E-state index contributed by atoms with van der Waals surface area (Å²) in [4.78, 5) is 0. The van der Waals surface area contributed by atoms with Crippen molar-refractivity contribution in [1.82, 2.24) is 0 Å². The van der Waals surface area contributed by atoms with Crippen molar-refractivity contribution in [3.05, 3.63) is 0 Å². The van der Waals surface area contributed by atoms with Gasteiger partial charge in [0.1, 0.15) is 0 Å². The van der Waals surface area contributed by atoms with Gasteiger partial charge in [-0.15, -0.1) is 4.20 Å². The molecule has 0 aromatic heterocycles. The van der Waals surface area contributed by atoms with E-state index < -0.39 is 26.8 Å². The van der Waals surface area contributed by atoms with Crippen LogP contribution in [0.3, 0.4) is 0 Å². The largest absolute Gasteiger partial charge is 0.518 e. The summed E-state index contributed by atoms with van der Waals surface area (Å²) in [6.45, 7) is 0.809. The molecule has 0 amide bonds. The van der Waals surface area contributed by atoms with E-state index in [9.17, 15) is 30.7 Å². The standard InChI is InChI=1S/C5H7F6O3P/c1-2-3-13-15(11,12)14-5(9,10)4(6,7)8/h2-3H2,1H3. The van der Waals surface area contributed by atoms with Crippen molar-refractivity contribution in [2.45, 2.75) is 25.6 Å². The Balaban J connectivity index is 4.51. The zero-order valence-electron chi connectivity index (χ0n) is 7.35. The van der Waals surface area contributed by atoms with Crippen molar-refractivity contribution in [1.29, 1.82) is 0 Å². The fraction of sp³-hybridized carbons (Fsp3) is 1.00. The minimum absolute atomic E-state index is 0.0782. The van der Waals surface area contributed by atoms with Crippen LogP contribution in [0.4, 0.5) is 26.1 Å². The average Bonchev–Trinajstić information content (AvgIpc) is 1.96. The molecule has 0 spiro atoms. The van der Waals surface area contributed by atoms with Crippen molar-refractivity contribution < 1.29 is 39.8 Å². The molecule has 0 aromatic rings. The van der Waals surface area contributed by atoms with Crippen LogP contribution in [0.15, 0.2) is 0 Å². The maximum absolute atomic E-state index is 12.4. The molecule has 0 rings (SSSR count). The molecule has 0 saturated heterocycles. The zero-order chi connectivity index (χ0) is 12.3. The molecule has 0 bridgehead atoms. The van der Waals surface area contributed by atoms with Crippen LogP contribution in [0.5, 0.6) is 0 Å². The van der Waals surface area contributed by atoms with Gasteiger partial charge < -0.3 is 0 Å². The van der Waals surface area contributed by atoms with Gasteiger partial charge in [0.05, 0.1) is 6.61 Å². The summed E-state index contributed by atoms with van der Waals surface area (Å²) < 4.78 is 87.3. The van der Waals surface area contributed by atoms with Crippen molar-refractivity contribution in [3.8, 4) is 0 Å². The summed E-state index contributed by atoms with van der Waals surface area (Å²) in [6.07, 6.45) is -11.9. The lowest BCUT2D eigenvalue weighted by Crippen LogP contribution is -2.38. The van der Waals surface area contributed by atoms with Crippen LogP contribution in [0.1, 0.15) is 13.3 Å². The Labute approximate surface area is 81.0 Å². The Morgan fingerprint density at radius 2 is 1.67 bits per heavy atom. The third-order valence-corrected chi connectivity index (χ3v) is 1.94. The van der Waals surface area contributed by atoms with E-state index in [0.717, 1.165) is 0 Å². The molecule has 0 N–H and O–H groups in total. The molecule has 92 valence electrons. The third-order valence-electron chi connectivity index (χ3n) is 1.00. The lowest BCUT2D eigenvalue weighted by molar-refractivity contribution is -0.364. The average molecular weight is 260 g/mol. The van der Waals surface area contributed by atoms with E-state index >= 15 is 0 Å². The van der Waals surface area contributed by atoms with Crippen LogP contribution in [-0.4, -0.2) is 18.9 Å². The van der Waals surface area contributed by atoms with Crippen LogP contribution in [0, 0.1) is 0 Å². The van der Waals surface area contributed by atoms with Crippen molar-refractivity contribution >= 4 is 7.91 Å². The van der Waals surface area contributed by atoms with Gasteiger partial charge in [0.2, 0.25) is 0 Å². The van der Waals surface area contributed by atoms with Gasteiger partial charge in [-0.2, -0.15) is 22.0 Å². The maximum Gasteiger partial charge on any atom is 0.518 e. The summed E-state index contributed by atoms with van der Waals surface area (Å²) in [5.74, 6) is 0. The van der Waals surface area contributed by atoms with Gasteiger partial charge in [0, 0.05) is 0 Å². The maximum atomic E-state index is 12.4. The van der Waals surface area contributed by atoms with E-state index in [1.54, 1.807) is 0 Å². The van der Waals surface area contributed by atoms with E-state index in [1.165, 1.54) is 6.92 Å². The monoisotopic (exact) mass is 260 g/mol. The quantitative estimate of drug-likeness (QED) is 0.559. The van der Waals surface area contributed by atoms with E-state index in [4.69, 9.17) is 0 Å². The lowest BCUT2D eigenvalue weighted by atomic mass is 10.5. The second-order valence-corrected chi connectivity index (χ2v) is 3.67. The summed E-state index contributed by atoms with van der Waals surface area (Å²) in [5.41, 5.74) is 0. The first-order valence-electron chi connectivity index (χ1n) is 3.61. The summed E-state index contributed by atoms with van der Waals surface area (Å²) >= 11 is 0. The van der Waals surface area contributed by atoms with Gasteiger partial charge in [-0.25, -0.2) is 9.09 Å². The van der Waals surface area contributed by atoms with E-state index in [2.05, 4.69) is 9.05 Å². The zero-order valence-corrected chi connectivity index (χ0v) is 8.25. The highest BCUT2D eigenvalue weighted by Gasteiger charge is 2.63. The summed E-state index contributed by atoms with van der Waals surface area (Å²) in [5, 5.41) is 0. The molecular formula is C5H7F6O3P. The van der Waals surface area contributed by atoms with Gasteiger partial charge in [-0.3, -0.25) is 4.52 Å². The molecular weight excluding hydrogens is 253 g/mol. The Morgan fingerprint density at radius 1 is 1.20 bits per heavy atom. The van der Waals surface area contributed by atoms with E-state index in [1.807, 2.05) is 0 Å². The number of halogens is 6. The van der Waals surface area contributed by atoms with Gasteiger partial charge in [0.25, 0.3) is 0 Å². The molecule has 15 heavy (non-hydrogen) atoms. The second-order valence-electron chi connectivity index (χ2n) is 2.37. The van der Waals surface area contributed by atoms with Crippen LogP contribution >= 0.6 is 7.91 Å². The normalized spacial score (nSPS) is 17.5. The molecule has 0 aliphatic carbocycles. The van der Waals surface area contributed by atoms with Crippen molar-refractivity contribution in [3.63, 3.8) is 0 Å². The van der Waals surface area contributed by atoms with Crippen LogP contribution in [0.2, 0.25) is 0 Å². The number of alkyl halides is 5. The van der Waals surface area contributed by atoms with Crippen LogP contribution in [-0.2, 0) is 13.6 Å². The minimum atomic E-state index is -6.15. The molecule has 3 nitrogen and oxygen atoms in total. The molecule has 0 heterocycles. The number of hydrogen-bond acceptors (Lipinski definition) is 3. The summed E-state index contributed by atoms with van der Waals surface area (Å²) in [6, 6.07) is 0. The Morgan fingerprint density at radius 3 is 2.00 bits per heavy atom. The highest BCUT2D eigenvalue weighted by atomic mass is 31.2. The van der Waals surface area contributed by atoms with Gasteiger partial charge in [-0.05, 0) is 6.42 Å². The predicted molar refractivity (Wildman–Crippen MR) is 37.0 cm³/mol. The van der Waals surface area contributed by atoms with Crippen molar-refractivity contribution in [2.75, 3.05) is 6.61 Å². The Hall–Kier alpha value is -0.270. The third kappa shape index (κ3) is 4.85. The summed E-state index contributed by atoms with van der Waals surface area (Å²) in [7, 11) is -5.90. The first-order valence-corrected chi connectivity index (χ1v) is 5.05. The smallest absolute Gasteiger partial charge is 0.283 e. The molecule has 0 aromatic carbocycles. The lowest BCUT2D eigenvalue weighted by Gasteiger charge is -2.20. The molecule has 0 aliphatic heterocycles. The van der Waals surface area contributed by atoms with Crippen LogP contribution < -0.4 is 0 Å². The predicted octanol–water partition coefficient (Wildman–Crippen LogP) is 3.66. The minimum Gasteiger partial charge on any atom is -0.283 e. The first-order chi connectivity index (χ1) is 6.52. The molecule has 0 saturated carbocycles. The topological polar surface area (TPSA) is 35.5 Å². The van der Waals surface area contributed by atoms with E-state index in [-0.39, 0.29) is 6.42 Å². The Kier molecular flexibility index (Phi) is 4.63. The molecule has 1 unspecified atom stereocenters. The second kappa shape index (κ2) is 4.71. The molecule has 0 radical (unpaired) electrons. The Bertz CT molecular complexity index is 252. The van der Waals surface area contributed by atoms with Crippen molar-refractivity contribution in [2.24, 2.45) is 0 Å². The van der Waals surface area contributed by atoms with E-state index in [0.29, 0.717) is 0 Å². The molecule has 1 atom stereocenters. The van der Waals surface area contributed by atoms with Gasteiger partial charge in [0.15, 0.2) is 0 Å². The van der Waals surface area contributed by atoms with Gasteiger partial charge >= 0.3 is 20.2 Å². The highest BCUT2D eigenvalue weighted by Crippen LogP contribution is 2.56. The first kappa shape index (κ1) is 14.7. The van der Waals surface area contributed by atoms with Crippen LogP contribution in [0.25, 0.3) is 0 Å². The SMILES string of the molecule is CCCOP(=O)(F)OC(F)(F)C(F)(F)F. The fourth-order valence-corrected chi connectivity index (χ4v) is 1.25. The molecule has 10 heteroatoms. The number of rotatable bonds is 5. The highest BCUT2D eigenvalue weighted by molar-refractivity contribution is 7.48.